The average molecular weight is 164 g/mol. The van der Waals surface area contributed by atoms with Crippen molar-refractivity contribution in [2.45, 2.75) is 6.61 Å². The summed E-state index contributed by atoms with van der Waals surface area (Å²) in [6.45, 7) is 0.535. The van der Waals surface area contributed by atoms with Gasteiger partial charge < -0.3 is 10.4 Å². The molecular formula is C7H8N4O. The van der Waals surface area contributed by atoms with Crippen LogP contribution in [0.1, 0.15) is 5.82 Å². The van der Waals surface area contributed by atoms with Crippen LogP contribution in [0.5, 0.6) is 0 Å². The quantitative estimate of drug-likeness (QED) is 0.617. The second-order valence-electron chi connectivity index (χ2n) is 2.37. The molecule has 62 valence electrons. The fourth-order valence-corrected chi connectivity index (χ4v) is 0.999. The Bertz CT molecular complexity index is 323. The molecule has 2 rings (SSSR count). The number of nitrogens with zero attached hydrogens (tertiary/aromatic N) is 3. The van der Waals surface area contributed by atoms with E-state index in [-0.39, 0.29) is 6.61 Å². The second-order valence-corrected chi connectivity index (χ2v) is 2.37. The molecule has 2 N–H and O–H groups in total. The maximum absolute atomic E-state index is 8.75. The molecule has 0 saturated heterocycles. The van der Waals surface area contributed by atoms with Gasteiger partial charge in [-0.05, 0) is 0 Å². The zero-order valence-electron chi connectivity index (χ0n) is 6.36. The van der Waals surface area contributed by atoms with Gasteiger partial charge in [-0.2, -0.15) is 0 Å². The smallest absolute Gasteiger partial charge is 0.156 e. The molecule has 0 amide bonds. The van der Waals surface area contributed by atoms with E-state index in [0.717, 1.165) is 5.69 Å². The number of rotatable bonds is 1. The van der Waals surface area contributed by atoms with Crippen LogP contribution in [-0.2, 0) is 6.61 Å². The summed E-state index contributed by atoms with van der Waals surface area (Å²) in [5.41, 5.74) is 0.721. The Labute approximate surface area is 69.2 Å². The summed E-state index contributed by atoms with van der Waals surface area (Å²) in [4.78, 5) is 12.0. The number of aromatic nitrogens is 2. The Hall–Kier alpha value is -1.49. The third-order valence-corrected chi connectivity index (χ3v) is 1.55. The van der Waals surface area contributed by atoms with Gasteiger partial charge in [0.05, 0.1) is 12.7 Å². The van der Waals surface area contributed by atoms with Crippen molar-refractivity contribution < 1.29 is 5.11 Å². The number of fused-ring (bicyclic) bond motifs is 1. The standard InChI is InChI=1S/C7H8N4O/c12-4-6-10-3-5-7(11-6)9-2-1-8-5/h1,3,12H,2,4H2,(H,9,10,11). The molecule has 0 saturated carbocycles. The van der Waals surface area contributed by atoms with Gasteiger partial charge in [0, 0.05) is 6.21 Å². The van der Waals surface area contributed by atoms with Crippen LogP contribution in [0.15, 0.2) is 11.2 Å². The lowest BCUT2D eigenvalue weighted by molar-refractivity contribution is 0.271. The topological polar surface area (TPSA) is 70.4 Å². The Balaban J connectivity index is 2.44. The van der Waals surface area contributed by atoms with Crippen molar-refractivity contribution in [2.24, 2.45) is 4.99 Å². The highest BCUT2D eigenvalue weighted by Crippen LogP contribution is 2.22. The monoisotopic (exact) mass is 164 g/mol. The van der Waals surface area contributed by atoms with Gasteiger partial charge in [0.1, 0.15) is 12.3 Å². The highest BCUT2D eigenvalue weighted by atomic mass is 16.3. The molecule has 0 bridgehead atoms. The number of aliphatic imine (C=N–C) groups is 1. The van der Waals surface area contributed by atoms with Crippen LogP contribution in [0.4, 0.5) is 11.5 Å². The average Bonchev–Trinajstić information content (AvgIpc) is 2.17. The van der Waals surface area contributed by atoms with Crippen molar-refractivity contribution in [3.8, 4) is 0 Å². The Kier molecular flexibility index (Phi) is 1.71. The lowest BCUT2D eigenvalue weighted by atomic mass is 10.4. The summed E-state index contributed by atoms with van der Waals surface area (Å²) < 4.78 is 0. The van der Waals surface area contributed by atoms with Crippen LogP contribution in [0, 0.1) is 0 Å². The van der Waals surface area contributed by atoms with E-state index >= 15 is 0 Å². The Morgan fingerprint density at radius 2 is 2.50 bits per heavy atom. The molecule has 0 radical (unpaired) electrons. The molecule has 2 heterocycles. The number of aliphatic hydroxyl groups excluding tert-OH is 1. The molecule has 5 heteroatoms. The van der Waals surface area contributed by atoms with E-state index in [1.54, 1.807) is 12.4 Å². The van der Waals surface area contributed by atoms with Crippen molar-refractivity contribution in [3.63, 3.8) is 0 Å². The molecule has 12 heavy (non-hydrogen) atoms. The van der Waals surface area contributed by atoms with E-state index in [2.05, 4.69) is 20.3 Å². The number of hydrogen-bond acceptors (Lipinski definition) is 5. The summed E-state index contributed by atoms with van der Waals surface area (Å²) in [6.07, 6.45) is 3.35. The summed E-state index contributed by atoms with van der Waals surface area (Å²) in [5, 5.41) is 11.8. The van der Waals surface area contributed by atoms with Gasteiger partial charge in [-0.25, -0.2) is 9.97 Å². The van der Waals surface area contributed by atoms with E-state index < -0.39 is 0 Å². The third kappa shape index (κ3) is 1.14. The zero-order chi connectivity index (χ0) is 8.39. The van der Waals surface area contributed by atoms with Gasteiger partial charge in [0.15, 0.2) is 11.6 Å². The summed E-state index contributed by atoms with van der Waals surface area (Å²) in [6, 6.07) is 0. The molecule has 0 atom stereocenters. The van der Waals surface area contributed by atoms with Gasteiger partial charge in [-0.15, -0.1) is 0 Å². The normalized spacial score (nSPS) is 13.8. The SMILES string of the molecule is OCc1ncc2c(n1)NCC=N2. The van der Waals surface area contributed by atoms with Gasteiger partial charge >= 0.3 is 0 Å². The predicted octanol–water partition coefficient (Wildman–Crippen LogP) is 0.0967. The van der Waals surface area contributed by atoms with E-state index in [1.165, 1.54) is 0 Å². The van der Waals surface area contributed by atoms with Crippen molar-refractivity contribution in [3.05, 3.63) is 12.0 Å². The fraction of sp³-hybridized carbons (Fsp3) is 0.286. The van der Waals surface area contributed by atoms with E-state index in [9.17, 15) is 0 Å². The van der Waals surface area contributed by atoms with Crippen LogP contribution in [-0.4, -0.2) is 27.8 Å². The lowest BCUT2D eigenvalue weighted by Gasteiger charge is -2.10. The number of aliphatic hydroxyl groups is 1. The first-order chi connectivity index (χ1) is 5.90. The minimum absolute atomic E-state index is 0.140. The van der Waals surface area contributed by atoms with Crippen molar-refractivity contribution in [2.75, 3.05) is 11.9 Å². The summed E-state index contributed by atoms with van der Waals surface area (Å²) in [5.74, 6) is 1.11. The van der Waals surface area contributed by atoms with Crippen LogP contribution in [0.2, 0.25) is 0 Å². The van der Waals surface area contributed by atoms with E-state index in [4.69, 9.17) is 5.11 Å². The molecule has 0 aromatic carbocycles. The molecule has 1 aliphatic heterocycles. The van der Waals surface area contributed by atoms with Crippen LogP contribution >= 0.6 is 0 Å². The largest absolute Gasteiger partial charge is 0.388 e. The molecule has 0 fully saturated rings. The van der Waals surface area contributed by atoms with E-state index in [0.29, 0.717) is 18.2 Å². The van der Waals surface area contributed by atoms with Gasteiger partial charge in [0.2, 0.25) is 0 Å². The maximum atomic E-state index is 8.75. The lowest BCUT2D eigenvalue weighted by Crippen LogP contribution is -2.10. The minimum atomic E-state index is -0.140. The van der Waals surface area contributed by atoms with Crippen LogP contribution < -0.4 is 5.32 Å². The molecule has 1 aliphatic rings. The van der Waals surface area contributed by atoms with E-state index in [1.807, 2.05) is 0 Å². The van der Waals surface area contributed by atoms with Crippen LogP contribution in [0.3, 0.4) is 0 Å². The highest BCUT2D eigenvalue weighted by molar-refractivity contribution is 5.77. The Morgan fingerprint density at radius 1 is 1.58 bits per heavy atom. The number of hydrogen-bond donors (Lipinski definition) is 2. The van der Waals surface area contributed by atoms with Gasteiger partial charge in [-0.1, -0.05) is 0 Å². The molecule has 5 nitrogen and oxygen atoms in total. The first-order valence-electron chi connectivity index (χ1n) is 3.63. The first kappa shape index (κ1) is 7.17. The second kappa shape index (κ2) is 2.86. The van der Waals surface area contributed by atoms with Crippen molar-refractivity contribution in [1.29, 1.82) is 0 Å². The fourth-order valence-electron chi connectivity index (χ4n) is 0.999. The molecule has 1 aromatic heterocycles. The Morgan fingerprint density at radius 3 is 3.33 bits per heavy atom. The predicted molar refractivity (Wildman–Crippen MR) is 44.6 cm³/mol. The molecular weight excluding hydrogens is 156 g/mol. The number of anilines is 1. The molecule has 0 unspecified atom stereocenters. The first-order valence-corrected chi connectivity index (χ1v) is 3.63. The summed E-state index contributed by atoms with van der Waals surface area (Å²) in [7, 11) is 0. The van der Waals surface area contributed by atoms with Gasteiger partial charge in [0.25, 0.3) is 0 Å². The number of nitrogens with one attached hydrogen (secondary N) is 1. The third-order valence-electron chi connectivity index (χ3n) is 1.55. The highest BCUT2D eigenvalue weighted by Gasteiger charge is 2.07. The summed E-state index contributed by atoms with van der Waals surface area (Å²) >= 11 is 0. The molecule has 1 aromatic rings. The minimum Gasteiger partial charge on any atom is -0.388 e. The maximum Gasteiger partial charge on any atom is 0.156 e. The zero-order valence-corrected chi connectivity index (χ0v) is 6.36. The molecule has 0 spiro atoms. The van der Waals surface area contributed by atoms with Crippen molar-refractivity contribution >= 4 is 17.7 Å². The molecule has 0 aliphatic carbocycles. The van der Waals surface area contributed by atoms with Crippen LogP contribution in [0.25, 0.3) is 0 Å². The van der Waals surface area contributed by atoms with Gasteiger partial charge in [-0.3, -0.25) is 4.99 Å². The van der Waals surface area contributed by atoms with Crippen molar-refractivity contribution in [1.82, 2.24) is 9.97 Å².